The molecule has 0 amide bonds. The third kappa shape index (κ3) is 3.34. The minimum atomic E-state index is 0.611. The fourth-order valence-corrected chi connectivity index (χ4v) is 1.91. The molecule has 1 rings (SSSR count). The third-order valence-corrected chi connectivity index (χ3v) is 3.43. The van der Waals surface area contributed by atoms with Gasteiger partial charge in [0, 0.05) is 25.1 Å². The Morgan fingerprint density at radius 1 is 1.22 bits per heavy atom. The molecular weight excluding hydrogens is 224 g/mol. The SMILES string of the molecule is CCc1nc(N)c(C)c(N(CC)CC(C)CC)n1. The Kier molecular flexibility index (Phi) is 5.38. The number of hydrogen-bond donors (Lipinski definition) is 1. The van der Waals surface area contributed by atoms with Gasteiger partial charge in [-0.1, -0.05) is 27.2 Å². The van der Waals surface area contributed by atoms with Crippen LogP contribution in [0.25, 0.3) is 0 Å². The van der Waals surface area contributed by atoms with Crippen LogP contribution >= 0.6 is 0 Å². The van der Waals surface area contributed by atoms with E-state index in [9.17, 15) is 0 Å². The Hall–Kier alpha value is -1.32. The van der Waals surface area contributed by atoms with E-state index in [1.54, 1.807) is 0 Å². The largest absolute Gasteiger partial charge is 0.383 e. The smallest absolute Gasteiger partial charge is 0.137 e. The highest BCUT2D eigenvalue weighted by Crippen LogP contribution is 2.23. The van der Waals surface area contributed by atoms with Gasteiger partial charge in [0.05, 0.1) is 0 Å². The number of nitrogens with zero attached hydrogens (tertiary/aromatic N) is 3. The molecule has 0 bridgehead atoms. The number of nitrogen functional groups attached to an aromatic ring is 1. The maximum absolute atomic E-state index is 5.98. The number of hydrogen-bond acceptors (Lipinski definition) is 4. The Bertz CT molecular complexity index is 390. The highest BCUT2D eigenvalue weighted by molar-refractivity contribution is 5.56. The van der Waals surface area contributed by atoms with Crippen molar-refractivity contribution >= 4 is 11.6 Å². The molecule has 0 saturated heterocycles. The van der Waals surface area contributed by atoms with Gasteiger partial charge in [-0.25, -0.2) is 9.97 Å². The number of aromatic nitrogens is 2. The summed E-state index contributed by atoms with van der Waals surface area (Å²) in [6.07, 6.45) is 2.00. The van der Waals surface area contributed by atoms with Gasteiger partial charge in [-0.05, 0) is 19.8 Å². The summed E-state index contributed by atoms with van der Waals surface area (Å²) in [7, 11) is 0. The van der Waals surface area contributed by atoms with Gasteiger partial charge in [-0.15, -0.1) is 0 Å². The lowest BCUT2D eigenvalue weighted by atomic mass is 10.1. The first-order valence-electron chi connectivity index (χ1n) is 6.91. The Morgan fingerprint density at radius 2 is 1.89 bits per heavy atom. The fraction of sp³-hybridized carbons (Fsp3) is 0.714. The second-order valence-electron chi connectivity index (χ2n) is 4.88. The minimum Gasteiger partial charge on any atom is -0.383 e. The lowest BCUT2D eigenvalue weighted by Crippen LogP contribution is -2.30. The summed E-state index contributed by atoms with van der Waals surface area (Å²) < 4.78 is 0. The quantitative estimate of drug-likeness (QED) is 0.843. The molecule has 0 spiro atoms. The first kappa shape index (κ1) is 14.7. The van der Waals surface area contributed by atoms with Crippen molar-refractivity contribution in [1.82, 2.24) is 9.97 Å². The maximum Gasteiger partial charge on any atom is 0.137 e. The minimum absolute atomic E-state index is 0.611. The molecule has 4 heteroatoms. The van der Waals surface area contributed by atoms with E-state index >= 15 is 0 Å². The van der Waals surface area contributed by atoms with Crippen LogP contribution in [0.4, 0.5) is 11.6 Å². The van der Waals surface area contributed by atoms with Gasteiger partial charge in [0.25, 0.3) is 0 Å². The summed E-state index contributed by atoms with van der Waals surface area (Å²) in [4.78, 5) is 11.3. The highest BCUT2D eigenvalue weighted by atomic mass is 15.2. The predicted octanol–water partition coefficient (Wildman–Crippen LogP) is 2.80. The van der Waals surface area contributed by atoms with Gasteiger partial charge in [-0.3, -0.25) is 0 Å². The highest BCUT2D eigenvalue weighted by Gasteiger charge is 2.15. The van der Waals surface area contributed by atoms with Crippen molar-refractivity contribution in [1.29, 1.82) is 0 Å². The third-order valence-electron chi connectivity index (χ3n) is 3.43. The van der Waals surface area contributed by atoms with Crippen molar-refractivity contribution in [3.8, 4) is 0 Å². The molecule has 0 aromatic carbocycles. The predicted molar refractivity (Wildman–Crippen MR) is 77.9 cm³/mol. The van der Waals surface area contributed by atoms with E-state index in [0.29, 0.717) is 11.7 Å². The van der Waals surface area contributed by atoms with E-state index in [1.165, 1.54) is 6.42 Å². The summed E-state index contributed by atoms with van der Waals surface area (Å²) in [6.45, 7) is 12.7. The van der Waals surface area contributed by atoms with Gasteiger partial charge in [0.2, 0.25) is 0 Å². The summed E-state index contributed by atoms with van der Waals surface area (Å²) in [6, 6.07) is 0. The lowest BCUT2D eigenvalue weighted by Gasteiger charge is -2.27. The molecule has 0 radical (unpaired) electrons. The van der Waals surface area contributed by atoms with E-state index in [0.717, 1.165) is 36.7 Å². The normalized spacial score (nSPS) is 12.5. The Balaban J connectivity index is 3.07. The van der Waals surface area contributed by atoms with Crippen molar-refractivity contribution in [2.24, 2.45) is 5.92 Å². The van der Waals surface area contributed by atoms with Gasteiger partial charge < -0.3 is 10.6 Å². The van der Waals surface area contributed by atoms with Gasteiger partial charge >= 0.3 is 0 Å². The molecule has 0 aliphatic carbocycles. The maximum atomic E-state index is 5.98. The van der Waals surface area contributed by atoms with Crippen LogP contribution in [0.3, 0.4) is 0 Å². The molecule has 1 unspecified atom stereocenters. The van der Waals surface area contributed by atoms with Crippen LogP contribution in [-0.2, 0) is 6.42 Å². The monoisotopic (exact) mass is 250 g/mol. The van der Waals surface area contributed by atoms with E-state index < -0.39 is 0 Å². The number of anilines is 2. The topological polar surface area (TPSA) is 55.0 Å². The summed E-state index contributed by atoms with van der Waals surface area (Å²) in [5, 5.41) is 0. The van der Waals surface area contributed by atoms with E-state index in [2.05, 4.69) is 42.6 Å². The van der Waals surface area contributed by atoms with Crippen LogP contribution in [0, 0.1) is 12.8 Å². The van der Waals surface area contributed by atoms with Crippen LogP contribution in [0.1, 0.15) is 45.5 Å². The molecule has 0 saturated carbocycles. The lowest BCUT2D eigenvalue weighted by molar-refractivity contribution is 0.544. The number of aryl methyl sites for hydroxylation is 1. The average Bonchev–Trinajstić information content (AvgIpc) is 2.38. The van der Waals surface area contributed by atoms with Crippen LogP contribution < -0.4 is 10.6 Å². The molecule has 1 aromatic heterocycles. The van der Waals surface area contributed by atoms with Crippen molar-refractivity contribution in [3.05, 3.63) is 11.4 Å². The Labute approximate surface area is 111 Å². The first-order valence-corrected chi connectivity index (χ1v) is 6.91. The number of nitrogens with two attached hydrogens (primary N) is 1. The zero-order valence-corrected chi connectivity index (χ0v) is 12.3. The van der Waals surface area contributed by atoms with Gasteiger partial charge in [-0.2, -0.15) is 0 Å². The summed E-state index contributed by atoms with van der Waals surface area (Å²) in [5.41, 5.74) is 6.97. The van der Waals surface area contributed by atoms with Crippen molar-refractivity contribution in [3.63, 3.8) is 0 Å². The molecule has 18 heavy (non-hydrogen) atoms. The van der Waals surface area contributed by atoms with Crippen LogP contribution in [-0.4, -0.2) is 23.1 Å². The molecule has 102 valence electrons. The van der Waals surface area contributed by atoms with Crippen LogP contribution in [0.5, 0.6) is 0 Å². The van der Waals surface area contributed by atoms with Gasteiger partial charge in [0.1, 0.15) is 17.5 Å². The molecule has 2 N–H and O–H groups in total. The van der Waals surface area contributed by atoms with E-state index in [-0.39, 0.29) is 0 Å². The van der Waals surface area contributed by atoms with Crippen molar-refractivity contribution in [2.75, 3.05) is 23.7 Å². The number of rotatable bonds is 6. The van der Waals surface area contributed by atoms with Crippen molar-refractivity contribution < 1.29 is 0 Å². The molecular formula is C14H26N4. The molecule has 1 heterocycles. The van der Waals surface area contributed by atoms with E-state index in [1.807, 2.05) is 6.92 Å². The zero-order chi connectivity index (χ0) is 13.7. The Morgan fingerprint density at radius 3 is 2.39 bits per heavy atom. The molecule has 4 nitrogen and oxygen atoms in total. The standard InChI is InChI=1S/C14H26N4/c1-6-10(4)9-18(8-3)14-11(5)13(15)16-12(7-2)17-14/h10H,6-9H2,1-5H3,(H2,15,16,17). The zero-order valence-electron chi connectivity index (χ0n) is 12.3. The molecule has 0 aliphatic rings. The molecule has 0 aliphatic heterocycles. The van der Waals surface area contributed by atoms with Crippen LogP contribution in [0.15, 0.2) is 0 Å². The van der Waals surface area contributed by atoms with Crippen LogP contribution in [0.2, 0.25) is 0 Å². The summed E-state index contributed by atoms with van der Waals surface area (Å²) >= 11 is 0. The molecule has 1 atom stereocenters. The fourth-order valence-electron chi connectivity index (χ4n) is 1.91. The summed E-state index contributed by atoms with van der Waals surface area (Å²) in [5.74, 6) is 3.10. The first-order chi connectivity index (χ1) is 8.53. The van der Waals surface area contributed by atoms with Gasteiger partial charge in [0.15, 0.2) is 0 Å². The average molecular weight is 250 g/mol. The second-order valence-corrected chi connectivity index (χ2v) is 4.88. The van der Waals surface area contributed by atoms with E-state index in [4.69, 9.17) is 5.73 Å². The molecule has 1 aromatic rings. The second kappa shape index (κ2) is 6.57. The molecule has 0 fully saturated rings. The van der Waals surface area contributed by atoms with Crippen molar-refractivity contribution in [2.45, 2.75) is 47.5 Å².